The van der Waals surface area contributed by atoms with Crippen LogP contribution in [-0.2, 0) is 6.42 Å². The quantitative estimate of drug-likeness (QED) is 0.831. The molecule has 0 fully saturated rings. The van der Waals surface area contributed by atoms with Gasteiger partial charge >= 0.3 is 0 Å². The van der Waals surface area contributed by atoms with E-state index in [-0.39, 0.29) is 0 Å². The Morgan fingerprint density at radius 2 is 2.06 bits per heavy atom. The number of nitrogens with one attached hydrogen (secondary N) is 1. The highest BCUT2D eigenvalue weighted by atomic mass is 15.1. The summed E-state index contributed by atoms with van der Waals surface area (Å²) < 4.78 is 0. The molecule has 0 radical (unpaired) electrons. The van der Waals surface area contributed by atoms with E-state index in [1.807, 2.05) is 6.20 Å². The summed E-state index contributed by atoms with van der Waals surface area (Å²) >= 11 is 0. The van der Waals surface area contributed by atoms with Crippen LogP contribution in [0.1, 0.15) is 51.4 Å². The monoisotopic (exact) mass is 219 g/mol. The van der Waals surface area contributed by atoms with Gasteiger partial charge in [-0.1, -0.05) is 27.7 Å². The fourth-order valence-electron chi connectivity index (χ4n) is 2.04. The number of anilines is 1. The Bertz CT molecular complexity index is 371. The van der Waals surface area contributed by atoms with Crippen molar-refractivity contribution in [2.45, 2.75) is 52.5 Å². The molecule has 1 aromatic rings. The van der Waals surface area contributed by atoms with Crippen LogP contribution in [0.15, 0.2) is 6.20 Å². The van der Waals surface area contributed by atoms with Crippen molar-refractivity contribution >= 4 is 5.82 Å². The maximum absolute atomic E-state index is 4.67. The van der Waals surface area contributed by atoms with Crippen LogP contribution in [0.5, 0.6) is 0 Å². The zero-order valence-corrected chi connectivity index (χ0v) is 10.6. The van der Waals surface area contributed by atoms with Crippen molar-refractivity contribution in [3.63, 3.8) is 0 Å². The summed E-state index contributed by atoms with van der Waals surface area (Å²) in [5, 5.41) is 3.52. The molecule has 0 aliphatic carbocycles. The third-order valence-electron chi connectivity index (χ3n) is 3.28. The molecule has 0 saturated carbocycles. The lowest BCUT2D eigenvalue weighted by Crippen LogP contribution is -2.31. The lowest BCUT2D eigenvalue weighted by atomic mass is 9.95. The molecule has 2 heterocycles. The van der Waals surface area contributed by atoms with E-state index in [2.05, 4.69) is 43.0 Å². The molecule has 88 valence electrons. The molecular formula is C13H21N3. The van der Waals surface area contributed by atoms with Crippen LogP contribution >= 0.6 is 0 Å². The first kappa shape index (κ1) is 11.4. The highest BCUT2D eigenvalue weighted by molar-refractivity contribution is 5.44. The normalized spacial score (nSPS) is 19.8. The maximum atomic E-state index is 4.67. The van der Waals surface area contributed by atoms with E-state index < -0.39 is 0 Å². The average Bonchev–Trinajstić information content (AvgIpc) is 2.27. The van der Waals surface area contributed by atoms with Crippen molar-refractivity contribution in [1.82, 2.24) is 9.97 Å². The van der Waals surface area contributed by atoms with Crippen molar-refractivity contribution in [2.24, 2.45) is 5.92 Å². The number of fused-ring (bicyclic) bond motifs is 1. The molecule has 0 saturated heterocycles. The average molecular weight is 219 g/mol. The Kier molecular flexibility index (Phi) is 3.13. The number of aromatic nitrogens is 2. The molecule has 2 rings (SSSR count). The topological polar surface area (TPSA) is 37.8 Å². The van der Waals surface area contributed by atoms with Gasteiger partial charge in [0.15, 0.2) is 0 Å². The molecule has 1 unspecified atom stereocenters. The highest BCUT2D eigenvalue weighted by Crippen LogP contribution is 2.25. The largest absolute Gasteiger partial charge is 0.366 e. The van der Waals surface area contributed by atoms with E-state index in [1.165, 1.54) is 6.42 Å². The molecule has 0 aromatic carbocycles. The Morgan fingerprint density at radius 1 is 1.31 bits per heavy atom. The third kappa shape index (κ3) is 2.18. The summed E-state index contributed by atoms with van der Waals surface area (Å²) in [4.78, 5) is 9.18. The number of hydrogen-bond acceptors (Lipinski definition) is 3. The smallest absolute Gasteiger partial charge is 0.148 e. The molecule has 0 bridgehead atoms. The fraction of sp³-hybridized carbons (Fsp3) is 0.692. The molecule has 1 N–H and O–H groups in total. The molecule has 0 amide bonds. The van der Waals surface area contributed by atoms with Crippen LogP contribution in [-0.4, -0.2) is 16.0 Å². The molecule has 1 aliphatic rings. The van der Waals surface area contributed by atoms with E-state index in [1.54, 1.807) is 0 Å². The van der Waals surface area contributed by atoms with E-state index in [4.69, 9.17) is 0 Å². The first-order valence-corrected chi connectivity index (χ1v) is 6.20. The number of nitrogens with zero attached hydrogens (tertiary/aromatic N) is 2. The van der Waals surface area contributed by atoms with E-state index in [9.17, 15) is 0 Å². The second kappa shape index (κ2) is 4.40. The van der Waals surface area contributed by atoms with Gasteiger partial charge in [0.1, 0.15) is 5.82 Å². The molecule has 3 nitrogen and oxygen atoms in total. The molecule has 1 aliphatic heterocycles. The Hall–Kier alpha value is -1.12. The van der Waals surface area contributed by atoms with Crippen molar-refractivity contribution < 1.29 is 0 Å². The Balaban J connectivity index is 2.25. The third-order valence-corrected chi connectivity index (χ3v) is 3.28. The van der Waals surface area contributed by atoms with E-state index in [0.29, 0.717) is 17.9 Å². The molecule has 1 atom stereocenters. The molecular weight excluding hydrogens is 198 g/mol. The van der Waals surface area contributed by atoms with Gasteiger partial charge in [-0.2, -0.15) is 0 Å². The Labute approximate surface area is 97.7 Å². The summed E-state index contributed by atoms with van der Waals surface area (Å²) in [7, 11) is 0. The minimum absolute atomic E-state index is 0.444. The Morgan fingerprint density at radius 3 is 2.69 bits per heavy atom. The maximum Gasteiger partial charge on any atom is 0.148 e. The van der Waals surface area contributed by atoms with Crippen molar-refractivity contribution in [1.29, 1.82) is 0 Å². The zero-order chi connectivity index (χ0) is 11.7. The standard InChI is InChI=1S/C13H21N3/c1-8(2)10-5-6-11-13(15-10)16-12(7-14-11)9(3)4/h7-10H,5-6H2,1-4H3,(H,15,16). The molecule has 0 spiro atoms. The van der Waals surface area contributed by atoms with Gasteiger partial charge in [-0.25, -0.2) is 4.98 Å². The van der Waals surface area contributed by atoms with Crippen LogP contribution in [0.25, 0.3) is 0 Å². The summed E-state index contributed by atoms with van der Waals surface area (Å²) in [6.07, 6.45) is 4.14. The predicted molar refractivity (Wildman–Crippen MR) is 66.7 cm³/mol. The summed E-state index contributed by atoms with van der Waals surface area (Å²) in [5.74, 6) is 2.10. The lowest BCUT2D eigenvalue weighted by Gasteiger charge is -2.28. The number of rotatable bonds is 2. The minimum atomic E-state index is 0.444. The van der Waals surface area contributed by atoms with Crippen molar-refractivity contribution in [3.05, 3.63) is 17.6 Å². The minimum Gasteiger partial charge on any atom is -0.366 e. The second-order valence-corrected chi connectivity index (χ2v) is 5.28. The van der Waals surface area contributed by atoms with Gasteiger partial charge in [0.25, 0.3) is 0 Å². The molecule has 3 heteroatoms. The van der Waals surface area contributed by atoms with Gasteiger partial charge in [0.2, 0.25) is 0 Å². The van der Waals surface area contributed by atoms with Crippen molar-refractivity contribution in [3.8, 4) is 0 Å². The first-order valence-electron chi connectivity index (χ1n) is 6.20. The van der Waals surface area contributed by atoms with Crippen LogP contribution < -0.4 is 5.32 Å². The summed E-state index contributed by atoms with van der Waals surface area (Å²) in [6.45, 7) is 8.81. The van der Waals surface area contributed by atoms with Crippen molar-refractivity contribution in [2.75, 3.05) is 5.32 Å². The van der Waals surface area contributed by atoms with E-state index >= 15 is 0 Å². The van der Waals surface area contributed by atoms with Crippen LogP contribution in [0, 0.1) is 5.92 Å². The summed E-state index contributed by atoms with van der Waals surface area (Å²) in [5.41, 5.74) is 2.21. The highest BCUT2D eigenvalue weighted by Gasteiger charge is 2.22. The second-order valence-electron chi connectivity index (χ2n) is 5.28. The zero-order valence-electron chi connectivity index (χ0n) is 10.6. The van der Waals surface area contributed by atoms with Gasteiger partial charge in [0.05, 0.1) is 11.4 Å². The fourth-order valence-corrected chi connectivity index (χ4v) is 2.04. The summed E-state index contributed by atoms with van der Waals surface area (Å²) in [6, 6.07) is 0.546. The first-order chi connectivity index (χ1) is 7.58. The van der Waals surface area contributed by atoms with Gasteiger partial charge < -0.3 is 5.32 Å². The van der Waals surface area contributed by atoms with Crippen LogP contribution in [0.4, 0.5) is 5.82 Å². The molecule has 1 aromatic heterocycles. The SMILES string of the molecule is CC(C)c1cnc2c(n1)NC(C(C)C)CC2. The van der Waals surface area contributed by atoms with Gasteiger partial charge in [-0.3, -0.25) is 4.98 Å². The number of hydrogen-bond donors (Lipinski definition) is 1. The molecule has 16 heavy (non-hydrogen) atoms. The predicted octanol–water partition coefficient (Wildman–Crippen LogP) is 2.98. The van der Waals surface area contributed by atoms with Gasteiger partial charge in [-0.15, -0.1) is 0 Å². The van der Waals surface area contributed by atoms with E-state index in [0.717, 1.165) is 23.6 Å². The lowest BCUT2D eigenvalue weighted by molar-refractivity contribution is 0.476. The number of aryl methyl sites for hydroxylation is 1. The van der Waals surface area contributed by atoms with Crippen LogP contribution in [0.3, 0.4) is 0 Å². The van der Waals surface area contributed by atoms with Crippen LogP contribution in [0.2, 0.25) is 0 Å². The van der Waals surface area contributed by atoms with Gasteiger partial charge in [0, 0.05) is 12.2 Å². The van der Waals surface area contributed by atoms with Gasteiger partial charge in [-0.05, 0) is 24.7 Å².